The van der Waals surface area contributed by atoms with Crippen LogP contribution in [-0.4, -0.2) is 25.0 Å². The van der Waals surface area contributed by atoms with Gasteiger partial charge in [0.2, 0.25) is 5.91 Å². The fourth-order valence-corrected chi connectivity index (χ4v) is 2.58. The lowest BCUT2D eigenvalue weighted by molar-refractivity contribution is -0.120. The van der Waals surface area contributed by atoms with Crippen LogP contribution in [0.2, 0.25) is 0 Å². The third-order valence-corrected chi connectivity index (χ3v) is 3.70. The van der Waals surface area contributed by atoms with Crippen molar-refractivity contribution in [2.75, 3.05) is 17.7 Å². The standard InChI is InChI=1S/C15H22N4O2/c1-17-15(21)19-13-7-3-6-12(9-13)18-14(20)10-4-2-5-11(16)8-10/h3,6-7,9-11H,2,4-5,8,16H2,1H3,(H,18,20)(H2,17,19,21). The third-order valence-electron chi connectivity index (χ3n) is 3.70. The summed E-state index contributed by atoms with van der Waals surface area (Å²) in [6, 6.07) is 6.91. The summed E-state index contributed by atoms with van der Waals surface area (Å²) < 4.78 is 0. The molecule has 2 unspecified atom stereocenters. The number of carbonyl (C=O) groups excluding carboxylic acids is 2. The Kier molecular flexibility index (Phi) is 5.16. The first-order valence-electron chi connectivity index (χ1n) is 7.23. The van der Waals surface area contributed by atoms with Crippen molar-refractivity contribution in [3.63, 3.8) is 0 Å². The van der Waals surface area contributed by atoms with E-state index in [-0.39, 0.29) is 23.9 Å². The van der Waals surface area contributed by atoms with Gasteiger partial charge in [-0.3, -0.25) is 4.79 Å². The quantitative estimate of drug-likeness (QED) is 0.684. The summed E-state index contributed by atoms with van der Waals surface area (Å²) in [5.74, 6) is -0.0217. The SMILES string of the molecule is CNC(=O)Nc1cccc(NC(=O)C2CCCC(N)C2)c1. The summed E-state index contributed by atoms with van der Waals surface area (Å²) in [6.45, 7) is 0. The molecule has 1 fully saturated rings. The minimum absolute atomic E-state index is 0.00208. The van der Waals surface area contributed by atoms with E-state index in [0.717, 1.165) is 25.7 Å². The van der Waals surface area contributed by atoms with Crippen molar-refractivity contribution in [3.05, 3.63) is 24.3 Å². The third kappa shape index (κ3) is 4.46. The number of amides is 3. The summed E-state index contributed by atoms with van der Waals surface area (Å²) >= 11 is 0. The Bertz CT molecular complexity index is 518. The molecule has 0 heterocycles. The molecule has 1 aliphatic carbocycles. The lowest BCUT2D eigenvalue weighted by Gasteiger charge is -2.25. The molecule has 0 aromatic heterocycles. The zero-order valence-corrected chi connectivity index (χ0v) is 12.2. The lowest BCUT2D eigenvalue weighted by atomic mass is 9.85. The van der Waals surface area contributed by atoms with Gasteiger partial charge >= 0.3 is 6.03 Å². The van der Waals surface area contributed by atoms with E-state index in [9.17, 15) is 9.59 Å². The maximum Gasteiger partial charge on any atom is 0.318 e. The monoisotopic (exact) mass is 290 g/mol. The van der Waals surface area contributed by atoms with Crippen LogP contribution in [0.25, 0.3) is 0 Å². The zero-order valence-electron chi connectivity index (χ0n) is 12.2. The first-order valence-corrected chi connectivity index (χ1v) is 7.23. The summed E-state index contributed by atoms with van der Waals surface area (Å²) in [6.07, 6.45) is 3.62. The number of nitrogens with two attached hydrogens (primary N) is 1. The molecule has 3 amide bonds. The van der Waals surface area contributed by atoms with Crippen LogP contribution >= 0.6 is 0 Å². The van der Waals surface area contributed by atoms with Gasteiger partial charge in [0.15, 0.2) is 0 Å². The van der Waals surface area contributed by atoms with E-state index < -0.39 is 0 Å². The van der Waals surface area contributed by atoms with Crippen molar-refractivity contribution in [1.82, 2.24) is 5.32 Å². The Morgan fingerprint density at radius 1 is 1.19 bits per heavy atom. The van der Waals surface area contributed by atoms with E-state index in [1.54, 1.807) is 31.3 Å². The summed E-state index contributed by atoms with van der Waals surface area (Å²) in [4.78, 5) is 23.5. The average molecular weight is 290 g/mol. The van der Waals surface area contributed by atoms with Gasteiger partial charge in [0.05, 0.1) is 0 Å². The van der Waals surface area contributed by atoms with Crippen molar-refractivity contribution in [1.29, 1.82) is 0 Å². The molecule has 1 aromatic carbocycles. The minimum atomic E-state index is -0.295. The highest BCUT2D eigenvalue weighted by Gasteiger charge is 2.25. The molecule has 1 saturated carbocycles. The molecule has 6 heteroatoms. The molecule has 2 rings (SSSR count). The summed E-state index contributed by atoms with van der Waals surface area (Å²) in [5, 5.41) is 8.05. The number of hydrogen-bond acceptors (Lipinski definition) is 3. The van der Waals surface area contributed by atoms with Crippen molar-refractivity contribution in [3.8, 4) is 0 Å². The van der Waals surface area contributed by atoms with Crippen LogP contribution in [-0.2, 0) is 4.79 Å². The van der Waals surface area contributed by atoms with Crippen LogP contribution in [0.4, 0.5) is 16.2 Å². The van der Waals surface area contributed by atoms with Crippen LogP contribution in [0.15, 0.2) is 24.3 Å². The zero-order chi connectivity index (χ0) is 15.2. The molecule has 6 nitrogen and oxygen atoms in total. The van der Waals surface area contributed by atoms with Gasteiger partial charge in [-0.05, 0) is 37.5 Å². The fraction of sp³-hybridized carbons (Fsp3) is 0.467. The van der Waals surface area contributed by atoms with Crippen molar-refractivity contribution in [2.24, 2.45) is 11.7 Å². The average Bonchev–Trinajstić information content (AvgIpc) is 2.47. The van der Waals surface area contributed by atoms with E-state index in [2.05, 4.69) is 16.0 Å². The van der Waals surface area contributed by atoms with Gasteiger partial charge in [-0.15, -0.1) is 0 Å². The minimum Gasteiger partial charge on any atom is -0.341 e. The van der Waals surface area contributed by atoms with Gasteiger partial charge < -0.3 is 21.7 Å². The molecule has 21 heavy (non-hydrogen) atoms. The number of anilines is 2. The van der Waals surface area contributed by atoms with E-state index in [0.29, 0.717) is 11.4 Å². The lowest BCUT2D eigenvalue weighted by Crippen LogP contribution is -2.34. The van der Waals surface area contributed by atoms with E-state index >= 15 is 0 Å². The highest BCUT2D eigenvalue weighted by Crippen LogP contribution is 2.25. The highest BCUT2D eigenvalue weighted by atomic mass is 16.2. The number of rotatable bonds is 3. The van der Waals surface area contributed by atoms with Gasteiger partial charge in [0, 0.05) is 30.4 Å². The van der Waals surface area contributed by atoms with Crippen LogP contribution in [0.5, 0.6) is 0 Å². The summed E-state index contributed by atoms with van der Waals surface area (Å²) in [5.41, 5.74) is 7.22. The second kappa shape index (κ2) is 7.08. The van der Waals surface area contributed by atoms with Gasteiger partial charge in [-0.2, -0.15) is 0 Å². The fourth-order valence-electron chi connectivity index (χ4n) is 2.58. The molecular weight excluding hydrogens is 268 g/mol. The molecule has 1 aromatic rings. The van der Waals surface area contributed by atoms with Crippen LogP contribution in [0, 0.1) is 5.92 Å². The van der Waals surface area contributed by atoms with Crippen molar-refractivity contribution < 1.29 is 9.59 Å². The predicted molar refractivity (Wildman–Crippen MR) is 83.1 cm³/mol. The molecular formula is C15H22N4O2. The van der Waals surface area contributed by atoms with Gasteiger partial charge in [0.1, 0.15) is 0 Å². The van der Waals surface area contributed by atoms with Crippen LogP contribution < -0.4 is 21.7 Å². The molecule has 0 radical (unpaired) electrons. The van der Waals surface area contributed by atoms with E-state index in [1.807, 2.05) is 0 Å². The molecule has 1 aliphatic rings. The van der Waals surface area contributed by atoms with Crippen LogP contribution in [0.3, 0.4) is 0 Å². The van der Waals surface area contributed by atoms with Gasteiger partial charge in [0.25, 0.3) is 0 Å². The Balaban J connectivity index is 1.97. The Labute approximate surface area is 124 Å². The normalized spacial score (nSPS) is 21.4. The number of hydrogen-bond donors (Lipinski definition) is 4. The first-order chi connectivity index (χ1) is 10.1. The maximum atomic E-state index is 12.2. The molecule has 5 N–H and O–H groups in total. The smallest absolute Gasteiger partial charge is 0.318 e. The number of benzene rings is 1. The van der Waals surface area contributed by atoms with Crippen molar-refractivity contribution >= 4 is 23.3 Å². The second-order valence-electron chi connectivity index (χ2n) is 5.40. The first kappa shape index (κ1) is 15.3. The van der Waals surface area contributed by atoms with Crippen LogP contribution in [0.1, 0.15) is 25.7 Å². The van der Waals surface area contributed by atoms with Gasteiger partial charge in [-0.1, -0.05) is 12.5 Å². The molecule has 0 saturated heterocycles. The number of urea groups is 1. The maximum absolute atomic E-state index is 12.2. The highest BCUT2D eigenvalue weighted by molar-refractivity contribution is 5.94. The van der Waals surface area contributed by atoms with Crippen molar-refractivity contribution in [2.45, 2.75) is 31.7 Å². The predicted octanol–water partition coefficient (Wildman–Crippen LogP) is 1.89. The largest absolute Gasteiger partial charge is 0.341 e. The van der Waals surface area contributed by atoms with E-state index in [1.165, 1.54) is 0 Å². The molecule has 0 aliphatic heterocycles. The molecule has 2 atom stereocenters. The Morgan fingerprint density at radius 3 is 2.57 bits per heavy atom. The summed E-state index contributed by atoms with van der Waals surface area (Å²) in [7, 11) is 1.55. The molecule has 0 spiro atoms. The number of carbonyl (C=O) groups is 2. The second-order valence-corrected chi connectivity index (χ2v) is 5.40. The van der Waals surface area contributed by atoms with Gasteiger partial charge in [-0.25, -0.2) is 4.79 Å². The molecule has 0 bridgehead atoms. The topological polar surface area (TPSA) is 96.2 Å². The Morgan fingerprint density at radius 2 is 1.90 bits per heavy atom. The Hall–Kier alpha value is -2.08. The number of nitrogens with one attached hydrogen (secondary N) is 3. The molecule has 114 valence electrons. The van der Waals surface area contributed by atoms with E-state index in [4.69, 9.17) is 5.73 Å².